The van der Waals surface area contributed by atoms with Crippen LogP contribution < -0.4 is 10.6 Å². The van der Waals surface area contributed by atoms with Crippen molar-refractivity contribution in [2.75, 3.05) is 12.4 Å². The lowest BCUT2D eigenvalue weighted by molar-refractivity contribution is 0.254. The Morgan fingerprint density at radius 3 is 2.54 bits per heavy atom. The minimum Gasteiger partial charge on any atom is -0.341 e. The highest BCUT2D eigenvalue weighted by Crippen LogP contribution is 2.13. The molecule has 0 aliphatic carbocycles. The number of nitrogens with zero attached hydrogens (tertiary/aromatic N) is 4. The smallest absolute Gasteiger partial charge is 0.318 e. The van der Waals surface area contributed by atoms with E-state index in [4.69, 9.17) is 0 Å². The lowest BCUT2D eigenvalue weighted by Crippen LogP contribution is -2.24. The maximum atomic E-state index is 11.2. The van der Waals surface area contributed by atoms with Crippen LogP contribution in [0.2, 0.25) is 0 Å². The van der Waals surface area contributed by atoms with E-state index in [9.17, 15) is 4.79 Å². The predicted octanol–water partition coefficient (Wildman–Crippen LogP) is 2.33. The second-order valence-corrected chi connectivity index (χ2v) is 5.23. The van der Waals surface area contributed by atoms with Gasteiger partial charge in [-0.1, -0.05) is 42.5 Å². The molecule has 0 fully saturated rings. The lowest BCUT2D eigenvalue weighted by atomic mass is 10.1. The first kappa shape index (κ1) is 15.7. The normalized spacial score (nSPS) is 10.4. The Morgan fingerprint density at radius 1 is 1.08 bits per heavy atom. The van der Waals surface area contributed by atoms with Crippen LogP contribution in [0, 0.1) is 0 Å². The minimum atomic E-state index is -0.233. The van der Waals surface area contributed by atoms with Gasteiger partial charge in [-0.15, -0.1) is 10.2 Å². The van der Waals surface area contributed by atoms with Crippen LogP contribution in [0.5, 0.6) is 0 Å². The molecule has 1 heterocycles. The fourth-order valence-corrected chi connectivity index (χ4v) is 2.22. The molecule has 0 spiro atoms. The van der Waals surface area contributed by atoms with Gasteiger partial charge in [0.1, 0.15) is 0 Å². The number of nitrogens with one attached hydrogen (secondary N) is 2. The van der Waals surface area contributed by atoms with Crippen molar-refractivity contribution in [3.8, 4) is 11.4 Å². The Labute approximate surface area is 139 Å². The number of hydrogen-bond acceptors (Lipinski definition) is 4. The summed E-state index contributed by atoms with van der Waals surface area (Å²) in [5, 5.41) is 17.8. The van der Waals surface area contributed by atoms with Crippen LogP contribution in [0.3, 0.4) is 0 Å². The van der Waals surface area contributed by atoms with Gasteiger partial charge >= 0.3 is 6.03 Å². The fraction of sp³-hybridized carbons (Fsp3) is 0.176. The first-order valence-electron chi connectivity index (χ1n) is 7.65. The van der Waals surface area contributed by atoms with E-state index in [0.29, 0.717) is 12.4 Å². The van der Waals surface area contributed by atoms with Gasteiger partial charge in [0.25, 0.3) is 0 Å². The van der Waals surface area contributed by atoms with Gasteiger partial charge in [-0.3, -0.25) is 0 Å². The summed E-state index contributed by atoms with van der Waals surface area (Å²) in [6.45, 7) is 0.641. The number of urea groups is 1. The number of hydrogen-bond donors (Lipinski definition) is 2. The molecule has 3 rings (SSSR count). The van der Waals surface area contributed by atoms with E-state index in [1.807, 2.05) is 54.6 Å². The highest BCUT2D eigenvalue weighted by atomic mass is 16.2. The summed E-state index contributed by atoms with van der Waals surface area (Å²) in [5.41, 5.74) is 2.84. The number of rotatable bonds is 5. The van der Waals surface area contributed by atoms with Crippen LogP contribution in [0.1, 0.15) is 5.56 Å². The number of amides is 2. The number of benzene rings is 2. The van der Waals surface area contributed by atoms with Crippen molar-refractivity contribution in [1.82, 2.24) is 25.5 Å². The number of tetrazole rings is 1. The van der Waals surface area contributed by atoms with Gasteiger partial charge in [0.2, 0.25) is 5.82 Å². The maximum Gasteiger partial charge on any atom is 0.318 e. The molecule has 0 radical (unpaired) electrons. The standard InChI is InChI=1S/C17H18N6O/c1-18-17(24)19-15-9-7-13(8-10-15)11-12-23-21-16(20-22-23)14-5-3-2-4-6-14/h2-10H,11-12H2,1H3,(H2,18,19,24). The number of aromatic nitrogens is 4. The Kier molecular flexibility index (Phi) is 4.81. The number of anilines is 1. The largest absolute Gasteiger partial charge is 0.341 e. The molecular weight excluding hydrogens is 304 g/mol. The van der Waals surface area contributed by atoms with E-state index in [2.05, 4.69) is 26.0 Å². The van der Waals surface area contributed by atoms with E-state index in [1.54, 1.807) is 11.8 Å². The van der Waals surface area contributed by atoms with Crippen LogP contribution in [0.25, 0.3) is 11.4 Å². The molecule has 2 N–H and O–H groups in total. The second kappa shape index (κ2) is 7.36. The van der Waals surface area contributed by atoms with Gasteiger partial charge in [-0.2, -0.15) is 4.80 Å². The third-order valence-electron chi connectivity index (χ3n) is 3.52. The zero-order chi connectivity index (χ0) is 16.8. The molecule has 0 aliphatic heterocycles. The van der Waals surface area contributed by atoms with Gasteiger partial charge in [-0.25, -0.2) is 4.79 Å². The first-order chi connectivity index (χ1) is 11.7. The average Bonchev–Trinajstić information content (AvgIpc) is 3.11. The number of aryl methyl sites for hydroxylation is 2. The fourth-order valence-electron chi connectivity index (χ4n) is 2.22. The van der Waals surface area contributed by atoms with Crippen LogP contribution in [0.4, 0.5) is 10.5 Å². The predicted molar refractivity (Wildman–Crippen MR) is 91.5 cm³/mol. The maximum absolute atomic E-state index is 11.2. The minimum absolute atomic E-state index is 0.233. The quantitative estimate of drug-likeness (QED) is 0.755. The van der Waals surface area contributed by atoms with Crippen molar-refractivity contribution in [1.29, 1.82) is 0 Å². The molecule has 0 aliphatic rings. The molecule has 2 aromatic carbocycles. The van der Waals surface area contributed by atoms with Crippen LogP contribution in [-0.2, 0) is 13.0 Å². The van der Waals surface area contributed by atoms with E-state index >= 15 is 0 Å². The van der Waals surface area contributed by atoms with E-state index in [-0.39, 0.29) is 6.03 Å². The van der Waals surface area contributed by atoms with Crippen molar-refractivity contribution in [3.63, 3.8) is 0 Å². The molecule has 1 aromatic heterocycles. The van der Waals surface area contributed by atoms with Crippen LogP contribution >= 0.6 is 0 Å². The van der Waals surface area contributed by atoms with Crippen molar-refractivity contribution >= 4 is 11.7 Å². The molecule has 2 amide bonds. The van der Waals surface area contributed by atoms with Gasteiger partial charge in [0, 0.05) is 18.3 Å². The molecule has 0 saturated carbocycles. The molecule has 0 unspecified atom stereocenters. The Bertz CT molecular complexity index is 797. The average molecular weight is 322 g/mol. The molecule has 0 atom stereocenters. The molecule has 7 heteroatoms. The number of carbonyl (C=O) groups is 1. The molecule has 122 valence electrons. The SMILES string of the molecule is CNC(=O)Nc1ccc(CCn2nnc(-c3ccccc3)n2)cc1. The summed E-state index contributed by atoms with van der Waals surface area (Å²) >= 11 is 0. The van der Waals surface area contributed by atoms with Gasteiger partial charge in [0.15, 0.2) is 0 Å². The van der Waals surface area contributed by atoms with E-state index in [0.717, 1.165) is 23.2 Å². The van der Waals surface area contributed by atoms with Gasteiger partial charge in [-0.05, 0) is 29.3 Å². The summed E-state index contributed by atoms with van der Waals surface area (Å²) < 4.78 is 0. The van der Waals surface area contributed by atoms with Crippen LogP contribution in [-0.4, -0.2) is 33.3 Å². The Hall–Kier alpha value is -3.22. The topological polar surface area (TPSA) is 84.7 Å². The summed E-state index contributed by atoms with van der Waals surface area (Å²) in [6, 6.07) is 17.2. The summed E-state index contributed by atoms with van der Waals surface area (Å²) in [4.78, 5) is 12.8. The monoisotopic (exact) mass is 322 g/mol. The van der Waals surface area contributed by atoms with E-state index in [1.165, 1.54) is 0 Å². The Balaban J connectivity index is 1.58. The highest BCUT2D eigenvalue weighted by Gasteiger charge is 2.05. The molecule has 0 saturated heterocycles. The van der Waals surface area contributed by atoms with Gasteiger partial charge < -0.3 is 10.6 Å². The van der Waals surface area contributed by atoms with Crippen LogP contribution in [0.15, 0.2) is 54.6 Å². The van der Waals surface area contributed by atoms with E-state index < -0.39 is 0 Å². The molecule has 3 aromatic rings. The summed E-state index contributed by atoms with van der Waals surface area (Å²) in [5.74, 6) is 0.626. The molecule has 24 heavy (non-hydrogen) atoms. The second-order valence-electron chi connectivity index (χ2n) is 5.23. The number of carbonyl (C=O) groups excluding carboxylic acids is 1. The summed E-state index contributed by atoms with van der Waals surface area (Å²) in [7, 11) is 1.58. The zero-order valence-corrected chi connectivity index (χ0v) is 13.3. The molecule has 0 bridgehead atoms. The van der Waals surface area contributed by atoms with Gasteiger partial charge in [0.05, 0.1) is 6.54 Å². The third kappa shape index (κ3) is 3.95. The van der Waals surface area contributed by atoms with Crippen molar-refractivity contribution in [2.45, 2.75) is 13.0 Å². The lowest BCUT2D eigenvalue weighted by Gasteiger charge is -2.05. The van der Waals surface area contributed by atoms with Crippen molar-refractivity contribution in [2.24, 2.45) is 0 Å². The zero-order valence-electron chi connectivity index (χ0n) is 13.3. The molecular formula is C17H18N6O. The summed E-state index contributed by atoms with van der Waals surface area (Å²) in [6.07, 6.45) is 0.783. The van der Waals surface area contributed by atoms with Crippen molar-refractivity contribution < 1.29 is 4.79 Å². The first-order valence-corrected chi connectivity index (χ1v) is 7.65. The van der Waals surface area contributed by atoms with Crippen molar-refractivity contribution in [3.05, 3.63) is 60.2 Å². The molecule has 7 nitrogen and oxygen atoms in total. The third-order valence-corrected chi connectivity index (χ3v) is 3.52. The highest BCUT2D eigenvalue weighted by molar-refractivity contribution is 5.88. The Morgan fingerprint density at radius 2 is 1.83 bits per heavy atom.